The first-order valence-corrected chi connectivity index (χ1v) is 11.6. The van der Waals surface area contributed by atoms with Gasteiger partial charge in [0.25, 0.3) is 5.91 Å². The van der Waals surface area contributed by atoms with Crippen LogP contribution in [0.2, 0.25) is 0 Å². The van der Waals surface area contributed by atoms with Crippen LogP contribution < -0.4 is 15.4 Å². The SMILES string of the molecule is COCCCNC(=O)C(NC(=O)c1ccc(OC)cc1)C1CCN(C(=O)CC(C)(C)C)CC1. The molecule has 1 aliphatic rings. The number of carbonyl (C=O) groups excluding carboxylic acids is 3. The summed E-state index contributed by atoms with van der Waals surface area (Å²) in [5.74, 6) is 0.247. The highest BCUT2D eigenvalue weighted by atomic mass is 16.5. The molecule has 1 unspecified atom stereocenters. The highest BCUT2D eigenvalue weighted by Crippen LogP contribution is 2.25. The van der Waals surface area contributed by atoms with Crippen molar-refractivity contribution in [2.75, 3.05) is 40.5 Å². The molecule has 1 fully saturated rings. The van der Waals surface area contributed by atoms with Crippen LogP contribution in [0.1, 0.15) is 56.8 Å². The molecule has 0 radical (unpaired) electrons. The third-order valence-electron chi connectivity index (χ3n) is 5.79. The van der Waals surface area contributed by atoms with Crippen molar-refractivity contribution in [3.05, 3.63) is 29.8 Å². The third kappa shape index (κ3) is 8.68. The number of hydrogen-bond acceptors (Lipinski definition) is 5. The van der Waals surface area contributed by atoms with Gasteiger partial charge >= 0.3 is 0 Å². The summed E-state index contributed by atoms with van der Waals surface area (Å²) in [5, 5.41) is 5.86. The van der Waals surface area contributed by atoms with Crippen LogP contribution in [0.25, 0.3) is 0 Å². The van der Waals surface area contributed by atoms with Gasteiger partial charge in [-0.05, 0) is 54.9 Å². The summed E-state index contributed by atoms with van der Waals surface area (Å²) in [5.41, 5.74) is 0.399. The largest absolute Gasteiger partial charge is 0.497 e. The Kier molecular flexibility index (Phi) is 10.2. The predicted molar refractivity (Wildman–Crippen MR) is 127 cm³/mol. The highest BCUT2D eigenvalue weighted by molar-refractivity contribution is 5.97. The number of hydrogen-bond donors (Lipinski definition) is 2. The number of nitrogens with zero attached hydrogens (tertiary/aromatic N) is 1. The van der Waals surface area contributed by atoms with E-state index < -0.39 is 6.04 Å². The summed E-state index contributed by atoms with van der Waals surface area (Å²) in [4.78, 5) is 40.4. The maximum absolute atomic E-state index is 13.0. The standard InChI is InChI=1S/C25H39N3O5/c1-25(2,3)17-21(29)28-14-11-18(12-15-28)22(24(31)26-13-6-16-32-4)27-23(30)19-7-9-20(33-5)10-8-19/h7-10,18,22H,6,11-17H2,1-5H3,(H,26,31)(H,27,30). The molecule has 2 N–H and O–H groups in total. The number of rotatable bonds is 10. The first kappa shape index (κ1) is 26.6. The van der Waals surface area contributed by atoms with Crippen LogP contribution in [0, 0.1) is 11.3 Å². The Bertz CT molecular complexity index is 780. The second-order valence-electron chi connectivity index (χ2n) is 9.77. The molecule has 0 spiro atoms. The van der Waals surface area contributed by atoms with E-state index >= 15 is 0 Å². The van der Waals surface area contributed by atoms with Gasteiger partial charge in [-0.15, -0.1) is 0 Å². The Morgan fingerprint density at radius 2 is 1.73 bits per heavy atom. The van der Waals surface area contributed by atoms with Crippen LogP contribution >= 0.6 is 0 Å². The van der Waals surface area contributed by atoms with Crippen LogP contribution in [0.4, 0.5) is 0 Å². The van der Waals surface area contributed by atoms with E-state index in [4.69, 9.17) is 9.47 Å². The Labute approximate surface area is 197 Å². The maximum atomic E-state index is 13.0. The minimum atomic E-state index is -0.665. The molecule has 0 aliphatic carbocycles. The second kappa shape index (κ2) is 12.6. The Hall–Kier alpha value is -2.61. The first-order valence-electron chi connectivity index (χ1n) is 11.6. The monoisotopic (exact) mass is 461 g/mol. The molecule has 1 heterocycles. The Balaban J connectivity index is 2.05. The van der Waals surface area contributed by atoms with Gasteiger partial charge in [-0.3, -0.25) is 14.4 Å². The van der Waals surface area contributed by atoms with Crippen molar-refractivity contribution in [2.45, 2.75) is 52.5 Å². The van der Waals surface area contributed by atoms with Gasteiger partial charge in [-0.25, -0.2) is 0 Å². The lowest BCUT2D eigenvalue weighted by Crippen LogP contribution is -2.54. The number of ether oxygens (including phenoxy) is 2. The van der Waals surface area contributed by atoms with Gasteiger partial charge < -0.3 is 25.0 Å². The van der Waals surface area contributed by atoms with Crippen LogP contribution in [-0.4, -0.2) is 69.1 Å². The van der Waals surface area contributed by atoms with Gasteiger partial charge in [0.05, 0.1) is 7.11 Å². The quantitative estimate of drug-likeness (QED) is 0.522. The zero-order chi connectivity index (χ0) is 24.4. The zero-order valence-corrected chi connectivity index (χ0v) is 20.6. The van der Waals surface area contributed by atoms with Gasteiger partial charge in [0.15, 0.2) is 0 Å². The lowest BCUT2D eigenvalue weighted by molar-refractivity contribution is -0.134. The van der Waals surface area contributed by atoms with E-state index in [2.05, 4.69) is 31.4 Å². The van der Waals surface area contributed by atoms with Crippen LogP contribution in [0.15, 0.2) is 24.3 Å². The van der Waals surface area contributed by atoms with E-state index in [0.717, 1.165) is 0 Å². The van der Waals surface area contributed by atoms with Crippen LogP contribution in [0.5, 0.6) is 5.75 Å². The molecule has 0 aromatic heterocycles. The number of amides is 3. The lowest BCUT2D eigenvalue weighted by Gasteiger charge is -2.36. The zero-order valence-electron chi connectivity index (χ0n) is 20.6. The molecule has 1 saturated heterocycles. The molecule has 0 saturated carbocycles. The van der Waals surface area contributed by atoms with Gasteiger partial charge in [0.1, 0.15) is 11.8 Å². The van der Waals surface area contributed by atoms with Gasteiger partial charge in [0, 0.05) is 45.3 Å². The normalized spacial score (nSPS) is 15.6. The molecule has 8 nitrogen and oxygen atoms in total. The first-order chi connectivity index (χ1) is 15.6. The van der Waals surface area contributed by atoms with Crippen molar-refractivity contribution in [3.63, 3.8) is 0 Å². The molecule has 1 aromatic rings. The van der Waals surface area contributed by atoms with Crippen molar-refractivity contribution in [3.8, 4) is 5.75 Å². The fraction of sp³-hybridized carbons (Fsp3) is 0.640. The van der Waals surface area contributed by atoms with E-state index in [1.807, 2.05) is 4.90 Å². The van der Waals surface area contributed by atoms with E-state index in [1.165, 1.54) is 0 Å². The fourth-order valence-electron chi connectivity index (χ4n) is 3.95. The van der Waals surface area contributed by atoms with Crippen LogP contribution in [-0.2, 0) is 14.3 Å². The van der Waals surface area contributed by atoms with E-state index in [1.54, 1.807) is 38.5 Å². The molecular formula is C25H39N3O5. The van der Waals surface area contributed by atoms with Gasteiger partial charge in [-0.1, -0.05) is 20.8 Å². The molecule has 0 bridgehead atoms. The molecule has 1 atom stereocenters. The van der Waals surface area contributed by atoms with E-state index in [-0.39, 0.29) is 29.1 Å². The summed E-state index contributed by atoms with van der Waals surface area (Å²) in [7, 11) is 3.19. The molecule has 3 amide bonds. The van der Waals surface area contributed by atoms with Gasteiger partial charge in [0.2, 0.25) is 11.8 Å². The molecular weight excluding hydrogens is 422 g/mol. The van der Waals surface area contributed by atoms with Crippen molar-refractivity contribution in [1.29, 1.82) is 0 Å². The Morgan fingerprint density at radius 1 is 1.09 bits per heavy atom. The number of likely N-dealkylation sites (tertiary alicyclic amines) is 1. The molecule has 33 heavy (non-hydrogen) atoms. The van der Waals surface area contributed by atoms with Crippen molar-refractivity contribution in [1.82, 2.24) is 15.5 Å². The average molecular weight is 462 g/mol. The van der Waals surface area contributed by atoms with Gasteiger partial charge in [-0.2, -0.15) is 0 Å². The number of benzene rings is 1. The fourth-order valence-corrected chi connectivity index (χ4v) is 3.95. The number of piperidine rings is 1. The van der Waals surface area contributed by atoms with E-state index in [9.17, 15) is 14.4 Å². The lowest BCUT2D eigenvalue weighted by atomic mass is 9.87. The summed E-state index contributed by atoms with van der Waals surface area (Å²) in [6.07, 6.45) is 2.51. The summed E-state index contributed by atoms with van der Waals surface area (Å²) < 4.78 is 10.2. The van der Waals surface area contributed by atoms with Crippen molar-refractivity contribution < 1.29 is 23.9 Å². The minimum absolute atomic E-state index is 0.0479. The summed E-state index contributed by atoms with van der Waals surface area (Å²) in [6, 6.07) is 6.12. The van der Waals surface area contributed by atoms with Crippen molar-refractivity contribution >= 4 is 17.7 Å². The maximum Gasteiger partial charge on any atom is 0.251 e. The molecule has 184 valence electrons. The minimum Gasteiger partial charge on any atom is -0.497 e. The molecule has 8 heteroatoms. The second-order valence-corrected chi connectivity index (χ2v) is 9.77. The topological polar surface area (TPSA) is 97.0 Å². The smallest absolute Gasteiger partial charge is 0.251 e. The molecule has 2 rings (SSSR count). The summed E-state index contributed by atoms with van der Waals surface area (Å²) >= 11 is 0. The predicted octanol–water partition coefficient (Wildman–Crippen LogP) is 2.62. The van der Waals surface area contributed by atoms with Crippen LogP contribution in [0.3, 0.4) is 0 Å². The number of nitrogens with one attached hydrogen (secondary N) is 2. The summed E-state index contributed by atoms with van der Waals surface area (Å²) in [6.45, 7) is 8.36. The Morgan fingerprint density at radius 3 is 2.27 bits per heavy atom. The molecule has 1 aromatic carbocycles. The molecule has 1 aliphatic heterocycles. The third-order valence-corrected chi connectivity index (χ3v) is 5.79. The average Bonchev–Trinajstić information content (AvgIpc) is 2.79. The van der Waals surface area contributed by atoms with Crippen molar-refractivity contribution in [2.24, 2.45) is 11.3 Å². The number of methoxy groups -OCH3 is 2. The number of carbonyl (C=O) groups is 3. The highest BCUT2D eigenvalue weighted by Gasteiger charge is 2.34. The van der Waals surface area contributed by atoms with E-state index in [0.29, 0.717) is 63.2 Å².